The number of methoxy groups -OCH3 is 1. The lowest BCUT2D eigenvalue weighted by Gasteiger charge is -2.12. The highest BCUT2D eigenvalue weighted by Crippen LogP contribution is 2.24. The number of rotatable bonds is 4. The van der Waals surface area contributed by atoms with E-state index in [-0.39, 0.29) is 5.91 Å². The molecule has 0 unspecified atom stereocenters. The van der Waals surface area contributed by atoms with E-state index < -0.39 is 0 Å². The molecule has 3 aromatic carbocycles. The summed E-state index contributed by atoms with van der Waals surface area (Å²) < 4.78 is 5.24. The molecule has 132 valence electrons. The van der Waals surface area contributed by atoms with Crippen LogP contribution in [0.5, 0.6) is 5.75 Å². The monoisotopic (exact) mass is 365 g/mol. The second-order valence-electron chi connectivity index (χ2n) is 5.77. The van der Waals surface area contributed by atoms with Crippen molar-refractivity contribution in [1.29, 1.82) is 0 Å². The lowest BCUT2D eigenvalue weighted by Crippen LogP contribution is -2.19. The Balaban J connectivity index is 1.65. The molecule has 3 aromatic rings. The molecule has 6 heteroatoms. The minimum absolute atomic E-state index is 0.100. The third-order valence-corrected chi connectivity index (χ3v) is 3.97. The van der Waals surface area contributed by atoms with Crippen molar-refractivity contribution in [1.82, 2.24) is 0 Å². The van der Waals surface area contributed by atoms with E-state index in [2.05, 4.69) is 16.0 Å². The van der Waals surface area contributed by atoms with Crippen LogP contribution in [0.25, 0.3) is 10.8 Å². The Bertz CT molecular complexity index is 955. The first-order valence-corrected chi connectivity index (χ1v) is 8.48. The van der Waals surface area contributed by atoms with Crippen molar-refractivity contribution in [3.8, 4) is 5.75 Å². The van der Waals surface area contributed by atoms with Crippen molar-refractivity contribution < 1.29 is 9.53 Å². The van der Waals surface area contributed by atoms with Gasteiger partial charge in [-0.05, 0) is 71.5 Å². The summed E-state index contributed by atoms with van der Waals surface area (Å²) in [5, 5.41) is 11.7. The lowest BCUT2D eigenvalue weighted by molar-refractivity contribution is -0.114. The molecule has 26 heavy (non-hydrogen) atoms. The third-order valence-electron chi connectivity index (χ3n) is 3.77. The second-order valence-corrected chi connectivity index (χ2v) is 6.17. The molecule has 0 atom stereocenters. The molecule has 3 rings (SSSR count). The molecule has 0 radical (unpaired) electrons. The molecule has 0 aromatic heterocycles. The summed E-state index contributed by atoms with van der Waals surface area (Å²) in [7, 11) is 1.66. The predicted molar refractivity (Wildman–Crippen MR) is 111 cm³/mol. The van der Waals surface area contributed by atoms with Gasteiger partial charge in [-0.25, -0.2) is 0 Å². The Morgan fingerprint density at radius 3 is 2.00 bits per heavy atom. The molecule has 5 nitrogen and oxygen atoms in total. The highest BCUT2D eigenvalue weighted by Gasteiger charge is 2.02. The van der Waals surface area contributed by atoms with Crippen LogP contribution in [0.4, 0.5) is 17.1 Å². The van der Waals surface area contributed by atoms with E-state index in [1.54, 1.807) is 7.11 Å². The molecule has 0 fully saturated rings. The maximum absolute atomic E-state index is 11.0. The molecule has 0 aliphatic carbocycles. The smallest absolute Gasteiger partial charge is 0.221 e. The van der Waals surface area contributed by atoms with Crippen LogP contribution in [0.2, 0.25) is 0 Å². The van der Waals surface area contributed by atoms with E-state index in [1.807, 2.05) is 60.7 Å². The van der Waals surface area contributed by atoms with E-state index in [4.69, 9.17) is 17.0 Å². The first-order chi connectivity index (χ1) is 12.5. The molecule has 0 aliphatic heterocycles. The van der Waals surface area contributed by atoms with Gasteiger partial charge < -0.3 is 20.7 Å². The van der Waals surface area contributed by atoms with Crippen LogP contribution in [0.15, 0.2) is 60.7 Å². The minimum Gasteiger partial charge on any atom is -0.497 e. The van der Waals surface area contributed by atoms with Gasteiger partial charge in [-0.3, -0.25) is 4.79 Å². The van der Waals surface area contributed by atoms with Crippen LogP contribution >= 0.6 is 12.2 Å². The van der Waals surface area contributed by atoms with Crippen LogP contribution in [0.1, 0.15) is 6.92 Å². The summed E-state index contributed by atoms with van der Waals surface area (Å²) in [5.74, 6) is 0.731. The second kappa shape index (κ2) is 7.84. The van der Waals surface area contributed by atoms with Crippen molar-refractivity contribution >= 4 is 51.1 Å². The Morgan fingerprint density at radius 2 is 1.35 bits per heavy atom. The van der Waals surface area contributed by atoms with Gasteiger partial charge in [-0.2, -0.15) is 0 Å². The predicted octanol–water partition coefficient (Wildman–Crippen LogP) is 4.62. The Labute approximate surface area is 157 Å². The number of hydrogen-bond donors (Lipinski definition) is 3. The normalized spacial score (nSPS) is 10.2. The number of hydrogen-bond acceptors (Lipinski definition) is 3. The van der Waals surface area contributed by atoms with E-state index in [1.165, 1.54) is 6.92 Å². The quantitative estimate of drug-likeness (QED) is 0.589. The van der Waals surface area contributed by atoms with Gasteiger partial charge in [0.1, 0.15) is 5.75 Å². The number of thiocarbonyl (C=S) groups is 1. The maximum atomic E-state index is 11.0. The number of benzene rings is 3. The van der Waals surface area contributed by atoms with E-state index in [9.17, 15) is 4.79 Å². The van der Waals surface area contributed by atoms with E-state index >= 15 is 0 Å². The van der Waals surface area contributed by atoms with Gasteiger partial charge in [0.05, 0.1) is 7.11 Å². The van der Waals surface area contributed by atoms with Gasteiger partial charge in [0.25, 0.3) is 0 Å². The molecular formula is C20H19N3O2S. The van der Waals surface area contributed by atoms with Gasteiger partial charge in [-0.1, -0.05) is 12.1 Å². The summed E-state index contributed by atoms with van der Waals surface area (Å²) in [4.78, 5) is 11.0. The molecule has 0 heterocycles. The van der Waals surface area contributed by atoms with Crippen molar-refractivity contribution in [3.05, 3.63) is 60.7 Å². The number of carbonyl (C=O) groups excluding carboxylic acids is 1. The molecule has 1 amide bonds. The number of ether oxygens (including phenoxy) is 1. The molecule has 0 aliphatic rings. The number of carbonyl (C=O) groups is 1. The summed E-state index contributed by atoms with van der Waals surface area (Å²) in [6, 6.07) is 19.3. The molecule has 0 spiro atoms. The van der Waals surface area contributed by atoms with Crippen LogP contribution in [-0.4, -0.2) is 18.1 Å². The number of anilines is 3. The van der Waals surface area contributed by atoms with Crippen LogP contribution in [0.3, 0.4) is 0 Å². The van der Waals surface area contributed by atoms with Gasteiger partial charge in [-0.15, -0.1) is 0 Å². The maximum Gasteiger partial charge on any atom is 0.221 e. The fraction of sp³-hybridized carbons (Fsp3) is 0.100. The molecule has 3 N–H and O–H groups in total. The fourth-order valence-electron chi connectivity index (χ4n) is 2.56. The van der Waals surface area contributed by atoms with Crippen LogP contribution in [-0.2, 0) is 4.79 Å². The standard InChI is InChI=1S/C20H19N3O2S/c1-13(24)21-16-6-8-17(9-7-16)22-20(26)23-18-5-3-15-12-19(25-2)10-4-14(15)11-18/h3-12H,1-2H3,(H,21,24)(H2,22,23,26). The van der Waals surface area contributed by atoms with E-state index in [0.29, 0.717) is 5.11 Å². The summed E-state index contributed by atoms with van der Waals surface area (Å²) in [6.45, 7) is 1.48. The minimum atomic E-state index is -0.100. The molecule has 0 saturated carbocycles. The SMILES string of the molecule is COc1ccc2cc(NC(=S)Nc3ccc(NC(C)=O)cc3)ccc2c1. The lowest BCUT2D eigenvalue weighted by atomic mass is 10.1. The Hall–Kier alpha value is -3.12. The van der Waals surface area contributed by atoms with Crippen molar-refractivity contribution in [2.24, 2.45) is 0 Å². The van der Waals surface area contributed by atoms with Gasteiger partial charge >= 0.3 is 0 Å². The highest BCUT2D eigenvalue weighted by atomic mass is 32.1. The van der Waals surface area contributed by atoms with Crippen molar-refractivity contribution in [2.75, 3.05) is 23.1 Å². The topological polar surface area (TPSA) is 62.4 Å². The van der Waals surface area contributed by atoms with Crippen molar-refractivity contribution in [2.45, 2.75) is 6.92 Å². The van der Waals surface area contributed by atoms with Crippen molar-refractivity contribution in [3.63, 3.8) is 0 Å². The van der Waals surface area contributed by atoms with Gasteiger partial charge in [0.15, 0.2) is 5.11 Å². The van der Waals surface area contributed by atoms with E-state index in [0.717, 1.165) is 33.6 Å². The molecule has 0 bridgehead atoms. The zero-order valence-corrected chi connectivity index (χ0v) is 15.3. The zero-order chi connectivity index (χ0) is 18.5. The fourth-order valence-corrected chi connectivity index (χ4v) is 2.80. The third kappa shape index (κ3) is 4.49. The average Bonchev–Trinajstić information content (AvgIpc) is 2.62. The number of amides is 1. The summed E-state index contributed by atoms with van der Waals surface area (Å²) in [6.07, 6.45) is 0. The summed E-state index contributed by atoms with van der Waals surface area (Å²) in [5.41, 5.74) is 2.48. The zero-order valence-electron chi connectivity index (χ0n) is 14.5. The van der Waals surface area contributed by atoms with Crippen LogP contribution in [0, 0.1) is 0 Å². The molecule has 0 saturated heterocycles. The first-order valence-electron chi connectivity index (χ1n) is 8.07. The molecular weight excluding hydrogens is 346 g/mol. The average molecular weight is 365 g/mol. The first kappa shape index (κ1) is 17.7. The van der Waals surface area contributed by atoms with Crippen LogP contribution < -0.4 is 20.7 Å². The number of fused-ring (bicyclic) bond motifs is 1. The van der Waals surface area contributed by atoms with Gasteiger partial charge in [0, 0.05) is 24.0 Å². The Kier molecular flexibility index (Phi) is 5.34. The Morgan fingerprint density at radius 1 is 0.808 bits per heavy atom. The number of nitrogens with one attached hydrogen (secondary N) is 3. The largest absolute Gasteiger partial charge is 0.497 e. The van der Waals surface area contributed by atoms with Gasteiger partial charge in [0.2, 0.25) is 5.91 Å². The summed E-state index contributed by atoms with van der Waals surface area (Å²) >= 11 is 5.37. The highest BCUT2D eigenvalue weighted by molar-refractivity contribution is 7.80.